The zero-order valence-electron chi connectivity index (χ0n) is 11.9. The summed E-state index contributed by atoms with van der Waals surface area (Å²) in [7, 11) is 3.66. The number of carbonyl (C=O) groups is 2. The number of hydrogen-bond donors (Lipinski definition) is 3. The molecular weight excluding hydrogens is 284 g/mol. The summed E-state index contributed by atoms with van der Waals surface area (Å²) in [5, 5.41) is 13.5. The molecule has 0 saturated heterocycles. The molecule has 116 valence electrons. The summed E-state index contributed by atoms with van der Waals surface area (Å²) in [6.07, 6.45) is 0. The first-order valence-electron chi connectivity index (χ1n) is 6.15. The number of hydrogen-bond acceptors (Lipinski definition) is 3. The van der Waals surface area contributed by atoms with Gasteiger partial charge in [-0.2, -0.15) is 0 Å². The maximum absolute atomic E-state index is 13.5. The fourth-order valence-electron chi connectivity index (χ4n) is 1.78. The Morgan fingerprint density at radius 2 is 1.90 bits per heavy atom. The van der Waals surface area contributed by atoms with Crippen molar-refractivity contribution >= 4 is 17.7 Å². The largest absolute Gasteiger partial charge is 0.478 e. The van der Waals surface area contributed by atoms with Crippen molar-refractivity contribution in [2.75, 3.05) is 26.0 Å². The normalized spacial score (nSPS) is 12.1. The van der Waals surface area contributed by atoms with Gasteiger partial charge < -0.3 is 20.6 Å². The number of amides is 2. The molecule has 1 atom stereocenters. The summed E-state index contributed by atoms with van der Waals surface area (Å²) in [5.74, 6) is -3.79. The van der Waals surface area contributed by atoms with E-state index in [1.165, 1.54) is 0 Å². The molecule has 21 heavy (non-hydrogen) atoms. The molecule has 0 radical (unpaired) electrons. The number of urea groups is 1. The minimum absolute atomic E-state index is 0.206. The van der Waals surface area contributed by atoms with Crippen LogP contribution in [0.4, 0.5) is 19.3 Å². The van der Waals surface area contributed by atoms with E-state index in [9.17, 15) is 18.4 Å². The molecule has 0 bridgehead atoms. The molecule has 1 aromatic carbocycles. The van der Waals surface area contributed by atoms with Crippen LogP contribution < -0.4 is 10.6 Å². The van der Waals surface area contributed by atoms with E-state index in [-0.39, 0.29) is 6.04 Å². The first-order chi connectivity index (χ1) is 9.70. The van der Waals surface area contributed by atoms with Gasteiger partial charge in [0, 0.05) is 18.7 Å². The van der Waals surface area contributed by atoms with Crippen LogP contribution in [0.15, 0.2) is 12.1 Å². The molecule has 0 fully saturated rings. The van der Waals surface area contributed by atoms with Crippen molar-refractivity contribution in [3.8, 4) is 0 Å². The number of nitrogens with zero attached hydrogens (tertiary/aromatic N) is 1. The van der Waals surface area contributed by atoms with Crippen LogP contribution in [0.5, 0.6) is 0 Å². The molecule has 0 heterocycles. The fourth-order valence-corrected chi connectivity index (χ4v) is 1.78. The number of halogens is 2. The van der Waals surface area contributed by atoms with Gasteiger partial charge in [0.15, 0.2) is 0 Å². The number of carbonyl (C=O) groups excluding carboxylic acids is 1. The topological polar surface area (TPSA) is 81.7 Å². The van der Waals surface area contributed by atoms with E-state index in [1.54, 1.807) is 6.92 Å². The molecule has 0 aliphatic heterocycles. The maximum atomic E-state index is 13.5. The van der Waals surface area contributed by atoms with Crippen LogP contribution in [0.25, 0.3) is 0 Å². The number of benzene rings is 1. The van der Waals surface area contributed by atoms with E-state index in [0.717, 1.165) is 6.07 Å². The van der Waals surface area contributed by atoms with Crippen LogP contribution in [0.3, 0.4) is 0 Å². The Morgan fingerprint density at radius 1 is 1.29 bits per heavy atom. The van der Waals surface area contributed by atoms with Crippen molar-refractivity contribution in [2.45, 2.75) is 13.0 Å². The Balaban J connectivity index is 2.81. The molecule has 0 aliphatic rings. The smallest absolute Gasteiger partial charge is 0.338 e. The standard InChI is InChI=1S/C13H17F2N3O3/c1-7(6-18(2)3)16-13(21)17-11-4-8(12(19)20)9(14)5-10(11)15/h4-5,7H,6H2,1-3H3,(H,19,20)(H2,16,17,21). The van der Waals surface area contributed by atoms with Crippen LogP contribution >= 0.6 is 0 Å². The zero-order valence-corrected chi connectivity index (χ0v) is 11.9. The molecule has 1 rings (SSSR count). The second-order valence-electron chi connectivity index (χ2n) is 4.88. The molecule has 3 N–H and O–H groups in total. The molecule has 0 spiro atoms. The third kappa shape index (κ3) is 4.99. The quantitative estimate of drug-likeness (QED) is 0.773. The third-order valence-corrected chi connectivity index (χ3v) is 2.55. The highest BCUT2D eigenvalue weighted by atomic mass is 19.1. The highest BCUT2D eigenvalue weighted by molar-refractivity contribution is 5.93. The lowest BCUT2D eigenvalue weighted by Gasteiger charge is -2.18. The summed E-state index contributed by atoms with van der Waals surface area (Å²) < 4.78 is 26.7. The van der Waals surface area contributed by atoms with E-state index < -0.39 is 34.9 Å². The van der Waals surface area contributed by atoms with Crippen molar-refractivity contribution in [1.82, 2.24) is 10.2 Å². The Morgan fingerprint density at radius 3 is 2.43 bits per heavy atom. The fraction of sp³-hybridized carbons (Fsp3) is 0.385. The van der Waals surface area contributed by atoms with E-state index >= 15 is 0 Å². The average Bonchev–Trinajstić information content (AvgIpc) is 2.30. The molecule has 8 heteroatoms. The molecule has 0 saturated carbocycles. The first kappa shape index (κ1) is 16.8. The second-order valence-corrected chi connectivity index (χ2v) is 4.88. The Labute approximate surface area is 120 Å². The minimum atomic E-state index is -1.54. The van der Waals surface area contributed by atoms with Gasteiger partial charge in [0.25, 0.3) is 0 Å². The van der Waals surface area contributed by atoms with Gasteiger partial charge in [0.1, 0.15) is 11.6 Å². The van der Waals surface area contributed by atoms with E-state index in [0.29, 0.717) is 12.6 Å². The average molecular weight is 301 g/mol. The van der Waals surface area contributed by atoms with Gasteiger partial charge in [-0.05, 0) is 27.1 Å². The van der Waals surface area contributed by atoms with Crippen LogP contribution in [-0.4, -0.2) is 48.7 Å². The van der Waals surface area contributed by atoms with Crippen molar-refractivity contribution < 1.29 is 23.5 Å². The molecule has 0 aliphatic carbocycles. The van der Waals surface area contributed by atoms with Crippen LogP contribution in [0.2, 0.25) is 0 Å². The molecule has 6 nitrogen and oxygen atoms in total. The maximum Gasteiger partial charge on any atom is 0.338 e. The molecule has 1 unspecified atom stereocenters. The number of aromatic carboxylic acids is 1. The van der Waals surface area contributed by atoms with Crippen LogP contribution in [-0.2, 0) is 0 Å². The Kier molecular flexibility index (Phi) is 5.60. The van der Waals surface area contributed by atoms with Crippen LogP contribution in [0.1, 0.15) is 17.3 Å². The number of rotatable bonds is 5. The lowest BCUT2D eigenvalue weighted by atomic mass is 10.2. The summed E-state index contributed by atoms with van der Waals surface area (Å²) in [6, 6.07) is 0.250. The SMILES string of the molecule is CC(CN(C)C)NC(=O)Nc1cc(C(=O)O)c(F)cc1F. The van der Waals surface area contributed by atoms with Gasteiger partial charge in [-0.3, -0.25) is 0 Å². The number of carboxylic acid groups (broad SMARTS) is 1. The summed E-state index contributed by atoms with van der Waals surface area (Å²) in [5.41, 5.74) is -1.11. The summed E-state index contributed by atoms with van der Waals surface area (Å²) >= 11 is 0. The van der Waals surface area contributed by atoms with Crippen molar-refractivity contribution in [2.24, 2.45) is 0 Å². The summed E-state index contributed by atoms with van der Waals surface area (Å²) in [4.78, 5) is 24.3. The van der Waals surface area contributed by atoms with E-state index in [1.807, 2.05) is 19.0 Å². The number of carboxylic acids is 1. The lowest BCUT2D eigenvalue weighted by Crippen LogP contribution is -2.41. The lowest BCUT2D eigenvalue weighted by molar-refractivity contribution is 0.0691. The highest BCUT2D eigenvalue weighted by Gasteiger charge is 2.17. The second kappa shape index (κ2) is 6.98. The number of likely N-dealkylation sites (N-methyl/N-ethyl adjacent to an activating group) is 1. The van der Waals surface area contributed by atoms with Gasteiger partial charge >= 0.3 is 12.0 Å². The highest BCUT2D eigenvalue weighted by Crippen LogP contribution is 2.19. The number of nitrogens with one attached hydrogen (secondary N) is 2. The minimum Gasteiger partial charge on any atom is -0.478 e. The molecule has 2 amide bonds. The van der Waals surface area contributed by atoms with Gasteiger partial charge in [-0.15, -0.1) is 0 Å². The van der Waals surface area contributed by atoms with Crippen molar-refractivity contribution in [3.05, 3.63) is 29.3 Å². The van der Waals surface area contributed by atoms with Crippen molar-refractivity contribution in [1.29, 1.82) is 0 Å². The Hall–Kier alpha value is -2.22. The van der Waals surface area contributed by atoms with Crippen molar-refractivity contribution in [3.63, 3.8) is 0 Å². The van der Waals surface area contributed by atoms with Gasteiger partial charge in [-0.25, -0.2) is 18.4 Å². The predicted octanol–water partition coefficient (Wildman–Crippen LogP) is 1.73. The zero-order chi connectivity index (χ0) is 16.2. The molecular formula is C13H17F2N3O3. The van der Waals surface area contributed by atoms with Gasteiger partial charge in [0.2, 0.25) is 0 Å². The monoisotopic (exact) mass is 301 g/mol. The first-order valence-corrected chi connectivity index (χ1v) is 6.15. The predicted molar refractivity (Wildman–Crippen MR) is 73.5 cm³/mol. The third-order valence-electron chi connectivity index (χ3n) is 2.55. The van der Waals surface area contributed by atoms with Crippen LogP contribution in [0, 0.1) is 11.6 Å². The number of anilines is 1. The molecule has 1 aromatic rings. The molecule has 0 aromatic heterocycles. The Bertz CT molecular complexity index is 550. The van der Waals surface area contributed by atoms with Gasteiger partial charge in [0.05, 0.1) is 11.3 Å². The summed E-state index contributed by atoms with van der Waals surface area (Å²) in [6.45, 7) is 2.32. The van der Waals surface area contributed by atoms with E-state index in [2.05, 4.69) is 10.6 Å². The van der Waals surface area contributed by atoms with Gasteiger partial charge in [-0.1, -0.05) is 0 Å². The van der Waals surface area contributed by atoms with E-state index in [4.69, 9.17) is 5.11 Å².